The normalized spacial score (nSPS) is 10.8. The maximum atomic E-state index is 12.5. The van der Waals surface area contributed by atoms with E-state index in [-0.39, 0.29) is 18.1 Å². The number of nitrogens with zero attached hydrogens (tertiary/aromatic N) is 3. The molecule has 4 rings (SSSR count). The number of ether oxygens (including phenoxy) is 1. The number of hydrogen-bond acceptors (Lipinski definition) is 6. The lowest BCUT2D eigenvalue weighted by Gasteiger charge is -2.05. The van der Waals surface area contributed by atoms with Crippen LogP contribution in [0.25, 0.3) is 0 Å². The van der Waals surface area contributed by atoms with Crippen LogP contribution in [-0.2, 0) is 13.2 Å². The maximum Gasteiger partial charge on any atom is 0.292 e. The first-order chi connectivity index (χ1) is 16.3. The molecule has 34 heavy (non-hydrogen) atoms. The first-order valence-electron chi connectivity index (χ1n) is 10.0. The van der Waals surface area contributed by atoms with Gasteiger partial charge in [-0.1, -0.05) is 29.3 Å². The first kappa shape index (κ1) is 23.3. The van der Waals surface area contributed by atoms with Crippen molar-refractivity contribution in [3.8, 4) is 5.75 Å². The lowest BCUT2D eigenvalue weighted by atomic mass is 10.2. The van der Waals surface area contributed by atoms with E-state index in [1.54, 1.807) is 48.1 Å². The van der Waals surface area contributed by atoms with E-state index >= 15 is 0 Å². The van der Waals surface area contributed by atoms with Crippen molar-refractivity contribution in [3.05, 3.63) is 104 Å². The SMILES string of the molecule is Cc1cc(OCc2ccc(C(=O)Nc3ccn(Cc4ccc(Cl)c(Cl)c4)n3)o2)ccc1[N+](=O)[O-]. The van der Waals surface area contributed by atoms with Gasteiger partial charge < -0.3 is 14.5 Å². The number of carbonyl (C=O) groups is 1. The zero-order valence-electron chi connectivity index (χ0n) is 17.8. The summed E-state index contributed by atoms with van der Waals surface area (Å²) in [5.41, 5.74) is 1.42. The second-order valence-corrected chi connectivity index (χ2v) is 8.18. The fourth-order valence-corrected chi connectivity index (χ4v) is 3.49. The van der Waals surface area contributed by atoms with Crippen molar-refractivity contribution in [2.75, 3.05) is 5.32 Å². The van der Waals surface area contributed by atoms with Gasteiger partial charge in [0.2, 0.25) is 0 Å². The number of carbonyl (C=O) groups excluding carboxylic acids is 1. The molecule has 1 N–H and O–H groups in total. The van der Waals surface area contributed by atoms with Gasteiger partial charge in [-0.2, -0.15) is 5.10 Å². The standard InChI is InChI=1S/C23H18Cl2N4O5/c1-14-10-16(3-6-20(14)29(31)32)33-13-17-4-7-21(34-17)23(30)26-22-8-9-28(27-22)12-15-2-5-18(24)19(25)11-15/h2-11H,12-13H2,1H3,(H,26,27,30). The minimum absolute atomic E-state index is 0.0173. The van der Waals surface area contributed by atoms with Gasteiger partial charge in [-0.25, -0.2) is 0 Å². The number of furan rings is 1. The van der Waals surface area contributed by atoms with Crippen LogP contribution < -0.4 is 10.1 Å². The third kappa shape index (κ3) is 5.56. The van der Waals surface area contributed by atoms with Crippen molar-refractivity contribution in [2.45, 2.75) is 20.1 Å². The molecule has 0 bridgehead atoms. The number of aromatic nitrogens is 2. The molecule has 0 atom stereocenters. The monoisotopic (exact) mass is 500 g/mol. The Morgan fingerprint density at radius 2 is 1.97 bits per heavy atom. The Hall–Kier alpha value is -3.82. The zero-order valence-corrected chi connectivity index (χ0v) is 19.3. The van der Waals surface area contributed by atoms with Crippen molar-refractivity contribution in [1.82, 2.24) is 9.78 Å². The molecule has 0 saturated heterocycles. The van der Waals surface area contributed by atoms with E-state index in [0.29, 0.717) is 39.5 Å². The molecule has 0 aliphatic carbocycles. The van der Waals surface area contributed by atoms with Crippen molar-refractivity contribution >= 4 is 40.6 Å². The number of hydrogen-bond donors (Lipinski definition) is 1. The summed E-state index contributed by atoms with van der Waals surface area (Å²) in [6.07, 6.45) is 1.73. The Bertz CT molecular complexity index is 1370. The predicted molar refractivity (Wildman–Crippen MR) is 127 cm³/mol. The van der Waals surface area contributed by atoms with Crippen LogP contribution in [-0.4, -0.2) is 20.6 Å². The van der Waals surface area contributed by atoms with Crippen LogP contribution in [0.1, 0.15) is 27.4 Å². The van der Waals surface area contributed by atoms with E-state index in [1.165, 1.54) is 18.2 Å². The largest absolute Gasteiger partial charge is 0.486 e. The highest BCUT2D eigenvalue weighted by Gasteiger charge is 2.15. The number of benzene rings is 2. The Morgan fingerprint density at radius 3 is 2.71 bits per heavy atom. The van der Waals surface area contributed by atoms with E-state index in [4.69, 9.17) is 32.4 Å². The van der Waals surface area contributed by atoms with Crippen molar-refractivity contribution in [3.63, 3.8) is 0 Å². The van der Waals surface area contributed by atoms with Gasteiger partial charge >= 0.3 is 0 Å². The van der Waals surface area contributed by atoms with E-state index in [9.17, 15) is 14.9 Å². The quantitative estimate of drug-likeness (QED) is 0.238. The molecule has 9 nitrogen and oxygen atoms in total. The van der Waals surface area contributed by atoms with Crippen LogP contribution in [0.2, 0.25) is 10.0 Å². The van der Waals surface area contributed by atoms with Gasteiger partial charge in [0.1, 0.15) is 18.1 Å². The van der Waals surface area contributed by atoms with Crippen LogP contribution in [0, 0.1) is 17.0 Å². The number of nitrogens with one attached hydrogen (secondary N) is 1. The van der Waals surface area contributed by atoms with Crippen LogP contribution in [0.4, 0.5) is 11.5 Å². The summed E-state index contributed by atoms with van der Waals surface area (Å²) in [6, 6.07) is 14.6. The highest BCUT2D eigenvalue weighted by molar-refractivity contribution is 6.42. The van der Waals surface area contributed by atoms with E-state index in [1.807, 2.05) is 6.07 Å². The fourth-order valence-electron chi connectivity index (χ4n) is 3.17. The Labute approximate surface area is 204 Å². The second kappa shape index (κ2) is 9.98. The van der Waals surface area contributed by atoms with Gasteiger partial charge in [0, 0.05) is 23.9 Å². The minimum Gasteiger partial charge on any atom is -0.486 e. The van der Waals surface area contributed by atoms with Gasteiger partial charge in [-0.05, 0) is 48.9 Å². The molecule has 0 fully saturated rings. The Morgan fingerprint density at radius 1 is 1.15 bits per heavy atom. The summed E-state index contributed by atoms with van der Waals surface area (Å²) < 4.78 is 12.8. The molecule has 4 aromatic rings. The minimum atomic E-state index is -0.461. The molecule has 2 heterocycles. The summed E-state index contributed by atoms with van der Waals surface area (Å²) in [4.78, 5) is 23.0. The lowest BCUT2D eigenvalue weighted by molar-refractivity contribution is -0.385. The highest BCUT2D eigenvalue weighted by atomic mass is 35.5. The van der Waals surface area contributed by atoms with Gasteiger partial charge in [-0.15, -0.1) is 0 Å². The predicted octanol–water partition coefficient (Wildman–Crippen LogP) is 5.88. The topological polar surface area (TPSA) is 112 Å². The number of nitro benzene ring substituents is 1. The Kier molecular flexibility index (Phi) is 6.85. The second-order valence-electron chi connectivity index (χ2n) is 7.36. The zero-order chi connectivity index (χ0) is 24.2. The van der Waals surface area contributed by atoms with Gasteiger partial charge in [-0.3, -0.25) is 19.6 Å². The molecule has 11 heteroatoms. The summed E-state index contributed by atoms with van der Waals surface area (Å²) in [5.74, 6) is 0.875. The number of nitro groups is 1. The fraction of sp³-hybridized carbons (Fsp3) is 0.130. The average Bonchev–Trinajstić information content (AvgIpc) is 3.44. The number of amides is 1. The molecular formula is C23H18Cl2N4O5. The van der Waals surface area contributed by atoms with Crippen molar-refractivity contribution in [2.24, 2.45) is 0 Å². The van der Waals surface area contributed by atoms with E-state index in [0.717, 1.165) is 5.56 Å². The van der Waals surface area contributed by atoms with Gasteiger partial charge in [0.15, 0.2) is 11.6 Å². The highest BCUT2D eigenvalue weighted by Crippen LogP contribution is 2.25. The van der Waals surface area contributed by atoms with Crippen LogP contribution >= 0.6 is 23.2 Å². The molecule has 0 radical (unpaired) electrons. The molecule has 0 saturated carbocycles. The molecular weight excluding hydrogens is 483 g/mol. The van der Waals surface area contributed by atoms with Crippen LogP contribution in [0.15, 0.2) is 65.2 Å². The molecule has 174 valence electrons. The average molecular weight is 501 g/mol. The molecule has 0 aliphatic rings. The number of aryl methyl sites for hydroxylation is 1. The van der Waals surface area contributed by atoms with Crippen molar-refractivity contribution in [1.29, 1.82) is 0 Å². The molecule has 0 spiro atoms. The molecule has 1 amide bonds. The van der Waals surface area contributed by atoms with Crippen molar-refractivity contribution < 1.29 is 18.9 Å². The smallest absolute Gasteiger partial charge is 0.292 e. The van der Waals surface area contributed by atoms with Gasteiger partial charge in [0.25, 0.3) is 11.6 Å². The van der Waals surface area contributed by atoms with E-state index in [2.05, 4.69) is 10.4 Å². The first-order valence-corrected chi connectivity index (χ1v) is 10.8. The summed E-state index contributed by atoms with van der Waals surface area (Å²) in [7, 11) is 0. The third-order valence-electron chi connectivity index (χ3n) is 4.84. The Balaban J connectivity index is 1.33. The summed E-state index contributed by atoms with van der Waals surface area (Å²) in [5, 5.41) is 18.9. The molecule has 0 unspecified atom stereocenters. The molecule has 2 aromatic heterocycles. The van der Waals surface area contributed by atoms with E-state index < -0.39 is 10.8 Å². The summed E-state index contributed by atoms with van der Waals surface area (Å²) in [6.45, 7) is 2.15. The maximum absolute atomic E-state index is 12.5. The van der Waals surface area contributed by atoms with Crippen LogP contribution in [0.5, 0.6) is 5.75 Å². The lowest BCUT2D eigenvalue weighted by Crippen LogP contribution is -2.12. The summed E-state index contributed by atoms with van der Waals surface area (Å²) >= 11 is 12.0. The van der Waals surface area contributed by atoms with Crippen LogP contribution in [0.3, 0.4) is 0 Å². The third-order valence-corrected chi connectivity index (χ3v) is 5.58. The molecule has 0 aliphatic heterocycles. The number of halogens is 2. The van der Waals surface area contributed by atoms with Gasteiger partial charge in [0.05, 0.1) is 21.5 Å². The number of anilines is 1. The molecule has 2 aromatic carbocycles. The number of rotatable bonds is 8.